The van der Waals surface area contributed by atoms with Crippen LogP contribution >= 0.6 is 0 Å². The van der Waals surface area contributed by atoms with E-state index < -0.39 is 15.8 Å². The molecule has 0 radical (unpaired) electrons. The van der Waals surface area contributed by atoms with E-state index in [1.807, 2.05) is 18.2 Å². The highest BCUT2D eigenvalue weighted by molar-refractivity contribution is 7.92. The van der Waals surface area contributed by atoms with Crippen LogP contribution < -0.4 is 9.62 Å². The molecule has 2 aliphatic rings. The fraction of sp³-hybridized carbons (Fsp3) is 0.455. The van der Waals surface area contributed by atoms with Crippen LogP contribution in [0.25, 0.3) is 0 Å². The summed E-state index contributed by atoms with van der Waals surface area (Å²) in [5.41, 5.74) is 1.50. The van der Waals surface area contributed by atoms with Crippen molar-refractivity contribution < 1.29 is 17.5 Å². The van der Waals surface area contributed by atoms with Crippen molar-refractivity contribution in [2.45, 2.75) is 36.2 Å². The summed E-state index contributed by atoms with van der Waals surface area (Å²) in [6.45, 7) is 3.54. The van der Waals surface area contributed by atoms with Crippen molar-refractivity contribution >= 4 is 21.4 Å². The number of hydrogen-bond acceptors (Lipinski definition) is 5. The molecule has 2 heterocycles. The van der Waals surface area contributed by atoms with E-state index in [-0.39, 0.29) is 4.90 Å². The lowest BCUT2D eigenvalue weighted by molar-refractivity contribution is 0.120. The Balaban J connectivity index is 1.39. The average Bonchev–Trinajstić information content (AvgIpc) is 3.28. The first-order valence-electron chi connectivity index (χ1n) is 10.4. The molecule has 0 saturated carbocycles. The third-order valence-corrected chi connectivity index (χ3v) is 7.51. The van der Waals surface area contributed by atoms with Crippen molar-refractivity contribution in [2.75, 3.05) is 43.0 Å². The van der Waals surface area contributed by atoms with Gasteiger partial charge in [-0.1, -0.05) is 6.07 Å². The third-order valence-electron chi connectivity index (χ3n) is 6.11. The van der Waals surface area contributed by atoms with Gasteiger partial charge in [0.25, 0.3) is 10.0 Å². The number of halogens is 1. The second-order valence-electron chi connectivity index (χ2n) is 8.01. The Bertz CT molecular complexity index is 954. The molecular formula is C22H28FN3O3S. The van der Waals surface area contributed by atoms with Gasteiger partial charge < -0.3 is 9.64 Å². The van der Waals surface area contributed by atoms with Crippen LogP contribution in [0.3, 0.4) is 0 Å². The Hall–Kier alpha value is -2.16. The Kier molecular flexibility index (Phi) is 6.26. The lowest BCUT2D eigenvalue weighted by Gasteiger charge is -2.40. The number of ether oxygens (including phenoxy) is 1. The topological polar surface area (TPSA) is 61.9 Å². The van der Waals surface area contributed by atoms with Crippen LogP contribution in [0.4, 0.5) is 15.8 Å². The maximum atomic E-state index is 13.1. The van der Waals surface area contributed by atoms with Gasteiger partial charge in [0.15, 0.2) is 0 Å². The average molecular weight is 434 g/mol. The van der Waals surface area contributed by atoms with Gasteiger partial charge in [-0.2, -0.15) is 0 Å². The minimum absolute atomic E-state index is 0.0362. The number of sulfonamides is 1. The van der Waals surface area contributed by atoms with Crippen molar-refractivity contribution in [2.24, 2.45) is 0 Å². The minimum atomic E-state index is -3.76. The second-order valence-corrected chi connectivity index (χ2v) is 9.69. The number of rotatable bonds is 6. The van der Waals surface area contributed by atoms with Gasteiger partial charge in [0, 0.05) is 37.5 Å². The van der Waals surface area contributed by atoms with Gasteiger partial charge in [-0.25, -0.2) is 12.8 Å². The van der Waals surface area contributed by atoms with Crippen LogP contribution in [-0.4, -0.2) is 58.8 Å². The van der Waals surface area contributed by atoms with E-state index >= 15 is 0 Å². The Morgan fingerprint density at radius 1 is 1.07 bits per heavy atom. The van der Waals surface area contributed by atoms with Gasteiger partial charge >= 0.3 is 0 Å². The van der Waals surface area contributed by atoms with Gasteiger partial charge in [0.2, 0.25) is 0 Å². The van der Waals surface area contributed by atoms with Crippen molar-refractivity contribution in [3.8, 4) is 0 Å². The van der Waals surface area contributed by atoms with Crippen molar-refractivity contribution in [1.29, 1.82) is 0 Å². The maximum absolute atomic E-state index is 13.1. The quantitative estimate of drug-likeness (QED) is 0.757. The number of anilines is 2. The molecule has 0 unspecified atom stereocenters. The standard InChI is InChI=1S/C22H28FN3O3S/c1-25(21-11-14-29-16-21)19-9-12-26(13-10-19)20-4-2-3-18(15-20)24-30(27,28)22-7-5-17(23)6-8-22/h2-8,15,19,21,24H,9-14,16H2,1H3/t21-/m0/s1. The lowest BCUT2D eigenvalue weighted by atomic mass is 10.0. The van der Waals surface area contributed by atoms with Gasteiger partial charge in [-0.3, -0.25) is 9.62 Å². The molecule has 1 atom stereocenters. The molecule has 0 spiro atoms. The molecule has 2 aromatic rings. The number of nitrogens with zero attached hydrogens (tertiary/aromatic N) is 2. The lowest BCUT2D eigenvalue weighted by Crippen LogP contribution is -2.47. The van der Waals surface area contributed by atoms with E-state index in [4.69, 9.17) is 4.74 Å². The molecule has 30 heavy (non-hydrogen) atoms. The van der Waals surface area contributed by atoms with Crippen molar-refractivity contribution in [3.05, 3.63) is 54.3 Å². The Morgan fingerprint density at radius 3 is 2.47 bits per heavy atom. The number of nitrogens with one attached hydrogen (secondary N) is 1. The highest BCUT2D eigenvalue weighted by Crippen LogP contribution is 2.27. The van der Waals surface area contributed by atoms with E-state index in [2.05, 4.69) is 21.6 Å². The summed E-state index contributed by atoms with van der Waals surface area (Å²) in [6, 6.07) is 13.3. The highest BCUT2D eigenvalue weighted by atomic mass is 32.2. The second kappa shape index (κ2) is 8.91. The van der Waals surface area contributed by atoms with Gasteiger partial charge in [0.1, 0.15) is 5.82 Å². The van der Waals surface area contributed by atoms with Crippen molar-refractivity contribution in [1.82, 2.24) is 4.90 Å². The predicted molar refractivity (Wildman–Crippen MR) is 116 cm³/mol. The van der Waals surface area contributed by atoms with Gasteiger partial charge in [0.05, 0.1) is 17.2 Å². The zero-order valence-electron chi connectivity index (χ0n) is 17.1. The molecular weight excluding hydrogens is 405 g/mol. The summed E-state index contributed by atoms with van der Waals surface area (Å²) >= 11 is 0. The molecule has 2 aromatic carbocycles. The van der Waals surface area contributed by atoms with Crippen molar-refractivity contribution in [3.63, 3.8) is 0 Å². The minimum Gasteiger partial charge on any atom is -0.380 e. The predicted octanol–water partition coefficient (Wildman–Crippen LogP) is 3.32. The fourth-order valence-corrected chi connectivity index (χ4v) is 5.32. The van der Waals surface area contributed by atoms with Crippen LogP contribution in [-0.2, 0) is 14.8 Å². The molecule has 0 amide bonds. The largest absolute Gasteiger partial charge is 0.380 e. The highest BCUT2D eigenvalue weighted by Gasteiger charge is 2.29. The molecule has 2 fully saturated rings. The zero-order valence-corrected chi connectivity index (χ0v) is 17.9. The molecule has 2 saturated heterocycles. The van der Waals surface area contributed by atoms with E-state index in [0.29, 0.717) is 17.8 Å². The summed E-state index contributed by atoms with van der Waals surface area (Å²) in [5, 5.41) is 0. The van der Waals surface area contributed by atoms with Gasteiger partial charge in [-0.15, -0.1) is 0 Å². The summed E-state index contributed by atoms with van der Waals surface area (Å²) < 4.78 is 46.4. The molecule has 1 N–H and O–H groups in total. The van der Waals surface area contributed by atoms with Crippen LogP contribution in [0.2, 0.25) is 0 Å². The van der Waals surface area contributed by atoms with Crippen LogP contribution in [0.5, 0.6) is 0 Å². The van der Waals surface area contributed by atoms with E-state index in [9.17, 15) is 12.8 Å². The van der Waals surface area contributed by atoms with E-state index in [1.54, 1.807) is 6.07 Å². The zero-order chi connectivity index (χ0) is 21.1. The maximum Gasteiger partial charge on any atom is 0.261 e. The first-order valence-corrected chi connectivity index (χ1v) is 11.8. The van der Waals surface area contributed by atoms with Gasteiger partial charge in [-0.05, 0) is 68.8 Å². The summed E-state index contributed by atoms with van der Waals surface area (Å²) in [5.74, 6) is -0.467. The Labute approximate surface area is 177 Å². The molecule has 162 valence electrons. The Morgan fingerprint density at radius 2 is 1.80 bits per heavy atom. The monoisotopic (exact) mass is 433 g/mol. The number of benzene rings is 2. The first kappa shape index (κ1) is 21.1. The van der Waals surface area contributed by atoms with E-state index in [0.717, 1.165) is 63.4 Å². The molecule has 0 aromatic heterocycles. The molecule has 2 aliphatic heterocycles. The molecule has 0 bridgehead atoms. The first-order chi connectivity index (χ1) is 14.4. The molecule has 4 rings (SSSR count). The summed E-state index contributed by atoms with van der Waals surface area (Å²) in [4.78, 5) is 4.80. The van der Waals surface area contributed by atoms with Crippen LogP contribution in [0.15, 0.2) is 53.4 Å². The third kappa shape index (κ3) is 4.77. The smallest absolute Gasteiger partial charge is 0.261 e. The molecule has 6 nitrogen and oxygen atoms in total. The number of likely N-dealkylation sites (N-methyl/N-ethyl adjacent to an activating group) is 1. The normalized spacial score (nSPS) is 20.6. The molecule has 8 heteroatoms. The fourth-order valence-electron chi connectivity index (χ4n) is 4.27. The summed E-state index contributed by atoms with van der Waals surface area (Å²) in [7, 11) is -1.56. The number of hydrogen-bond donors (Lipinski definition) is 1. The summed E-state index contributed by atoms with van der Waals surface area (Å²) in [6.07, 6.45) is 3.24. The van der Waals surface area contributed by atoms with Crippen LogP contribution in [0, 0.1) is 5.82 Å². The van der Waals surface area contributed by atoms with Crippen LogP contribution in [0.1, 0.15) is 19.3 Å². The molecule has 0 aliphatic carbocycles. The number of piperidine rings is 1. The van der Waals surface area contributed by atoms with E-state index in [1.165, 1.54) is 12.1 Å². The SMILES string of the molecule is CN(C1CCN(c2cccc(NS(=O)(=O)c3ccc(F)cc3)c2)CC1)[C@H]1CCOC1.